The van der Waals surface area contributed by atoms with Crippen LogP contribution in [0.1, 0.15) is 58.6 Å². The van der Waals surface area contributed by atoms with Crippen LogP contribution in [-0.2, 0) is 26.2 Å². The van der Waals surface area contributed by atoms with Gasteiger partial charge in [0.15, 0.2) is 17.6 Å². The van der Waals surface area contributed by atoms with Gasteiger partial charge in [0.25, 0.3) is 5.09 Å². The van der Waals surface area contributed by atoms with Crippen LogP contribution in [0.3, 0.4) is 0 Å². The molecule has 1 N–H and O–H groups in total. The lowest BCUT2D eigenvalue weighted by molar-refractivity contribution is -0.772. The lowest BCUT2D eigenvalue weighted by Gasteiger charge is -2.37. The maximum atomic E-state index is 12.1. The molecule has 2 rings (SSSR count). The van der Waals surface area contributed by atoms with Crippen molar-refractivity contribution in [2.45, 2.75) is 77.0 Å². The Morgan fingerprint density at radius 2 is 1.72 bits per heavy atom. The summed E-state index contributed by atoms with van der Waals surface area (Å²) in [6.07, 6.45) is 1.03. The Kier molecular flexibility index (Phi) is 14.6. The highest BCUT2D eigenvalue weighted by Crippen LogP contribution is 2.40. The number of nitrogens with zero attached hydrogens (tertiary/aromatic N) is 3. The van der Waals surface area contributed by atoms with E-state index in [0.717, 1.165) is 30.6 Å². The van der Waals surface area contributed by atoms with Crippen LogP contribution in [0, 0.1) is 27.4 Å². The molecule has 0 aliphatic heterocycles. The van der Waals surface area contributed by atoms with Crippen molar-refractivity contribution in [3.05, 3.63) is 63.7 Å². The summed E-state index contributed by atoms with van der Waals surface area (Å²) in [4.78, 5) is 30.7. The average molecular weight is 643 g/mol. The van der Waals surface area contributed by atoms with Gasteiger partial charge in [0.1, 0.15) is 18.0 Å². The zero-order chi connectivity index (χ0) is 34.5. The molecule has 0 fully saturated rings. The van der Waals surface area contributed by atoms with E-state index >= 15 is 0 Å². The first kappa shape index (κ1) is 38.1. The Hall–Kier alpha value is -4.08. The molecule has 0 heterocycles. The van der Waals surface area contributed by atoms with Gasteiger partial charge in [0.05, 0.1) is 31.7 Å². The minimum absolute atomic E-state index is 0.0763. The van der Waals surface area contributed by atoms with Gasteiger partial charge >= 0.3 is 0 Å². The molecular weight excluding hydrogens is 592 g/mol. The standard InChI is InChI=1S/C34H50N4O8/c1-24(2)34(23-35,27-15-16-29(43-8)30(21-27)44-9)18-12-19-37(6)20-17-26-13-10-11-14-28(26)45-33(4,5)32(46-38(40)41)25(3)36-31(39)22-42-7/h10-11,13-16,21,24-25,32H,12,17-20,22H2,1-9H3,(H,36,39). The second-order valence-electron chi connectivity index (χ2n) is 12.3. The Balaban J connectivity index is 2.11. The van der Waals surface area contributed by atoms with Crippen molar-refractivity contribution in [1.29, 1.82) is 5.26 Å². The lowest BCUT2D eigenvalue weighted by atomic mass is 9.69. The smallest absolute Gasteiger partial charge is 0.295 e. The Bertz CT molecular complexity index is 1330. The van der Waals surface area contributed by atoms with Crippen molar-refractivity contribution in [2.75, 3.05) is 48.1 Å². The molecule has 0 saturated carbocycles. The van der Waals surface area contributed by atoms with Crippen LogP contribution in [0.25, 0.3) is 0 Å². The first-order valence-electron chi connectivity index (χ1n) is 15.4. The van der Waals surface area contributed by atoms with Crippen molar-refractivity contribution in [3.63, 3.8) is 0 Å². The molecule has 12 nitrogen and oxygen atoms in total. The Labute approximate surface area is 273 Å². The van der Waals surface area contributed by atoms with E-state index in [1.165, 1.54) is 7.11 Å². The first-order chi connectivity index (χ1) is 21.7. The largest absolute Gasteiger partial charge is 0.493 e. The zero-order valence-corrected chi connectivity index (χ0v) is 28.6. The number of nitrogens with one attached hydrogen (secondary N) is 1. The fraction of sp³-hybridized carbons (Fsp3) is 0.588. The summed E-state index contributed by atoms with van der Waals surface area (Å²) in [5.74, 6) is 1.45. The van der Waals surface area contributed by atoms with Crippen molar-refractivity contribution in [2.24, 2.45) is 5.92 Å². The normalized spacial score (nSPS) is 14.1. The number of likely N-dealkylation sites (N-methyl/N-ethyl adjacent to an activating group) is 1. The summed E-state index contributed by atoms with van der Waals surface area (Å²) in [6, 6.07) is 15.1. The minimum Gasteiger partial charge on any atom is -0.493 e. The monoisotopic (exact) mass is 642 g/mol. The number of ether oxygens (including phenoxy) is 4. The molecule has 0 saturated heterocycles. The van der Waals surface area contributed by atoms with E-state index < -0.39 is 34.2 Å². The van der Waals surface area contributed by atoms with E-state index in [2.05, 4.69) is 30.1 Å². The van der Waals surface area contributed by atoms with Gasteiger partial charge in [0.2, 0.25) is 5.91 Å². The van der Waals surface area contributed by atoms with Gasteiger partial charge in [-0.15, -0.1) is 10.1 Å². The molecule has 2 aromatic carbocycles. The topological polar surface area (TPSA) is 145 Å². The predicted molar refractivity (Wildman–Crippen MR) is 175 cm³/mol. The van der Waals surface area contributed by atoms with E-state index in [9.17, 15) is 20.2 Å². The number of carbonyl (C=O) groups excluding carboxylic acids is 1. The SMILES string of the molecule is COCC(=O)NC(C)C(O[N+](=O)[O-])C(C)(C)Oc1ccccc1CCN(C)CCCC(C#N)(c1ccc(OC)c(OC)c1)C(C)C. The van der Waals surface area contributed by atoms with Crippen molar-refractivity contribution >= 4 is 5.91 Å². The molecule has 1 amide bonds. The highest BCUT2D eigenvalue weighted by atomic mass is 17.0. The molecule has 2 aromatic rings. The number of amides is 1. The fourth-order valence-electron chi connectivity index (χ4n) is 5.75. The predicted octanol–water partition coefficient (Wildman–Crippen LogP) is 4.96. The Morgan fingerprint density at radius 1 is 1.04 bits per heavy atom. The minimum atomic E-state index is -1.18. The van der Waals surface area contributed by atoms with Gasteiger partial charge in [-0.1, -0.05) is 38.1 Å². The third kappa shape index (κ3) is 10.2. The van der Waals surface area contributed by atoms with Gasteiger partial charge < -0.3 is 34.0 Å². The van der Waals surface area contributed by atoms with Gasteiger partial charge in [0, 0.05) is 13.7 Å². The highest BCUT2D eigenvalue weighted by molar-refractivity contribution is 5.77. The number of hydrogen-bond acceptors (Lipinski definition) is 10. The molecule has 12 heteroatoms. The summed E-state index contributed by atoms with van der Waals surface area (Å²) < 4.78 is 22.1. The van der Waals surface area contributed by atoms with E-state index in [-0.39, 0.29) is 12.5 Å². The molecule has 0 aliphatic carbocycles. The van der Waals surface area contributed by atoms with Crippen LogP contribution in [0.4, 0.5) is 0 Å². The molecular formula is C34H50N4O8. The van der Waals surface area contributed by atoms with Crippen molar-refractivity contribution in [1.82, 2.24) is 10.2 Å². The number of hydrogen-bond donors (Lipinski definition) is 1. The van der Waals surface area contributed by atoms with Crippen LogP contribution in [-0.4, -0.2) is 81.7 Å². The maximum Gasteiger partial charge on any atom is 0.295 e. The third-order valence-corrected chi connectivity index (χ3v) is 8.31. The second kappa shape index (κ2) is 17.6. The average Bonchev–Trinajstić information content (AvgIpc) is 3.00. The molecule has 0 bridgehead atoms. The number of benzene rings is 2. The van der Waals surface area contributed by atoms with Crippen LogP contribution in [0.15, 0.2) is 42.5 Å². The first-order valence-corrected chi connectivity index (χ1v) is 15.4. The fourth-order valence-corrected chi connectivity index (χ4v) is 5.75. The number of methoxy groups -OCH3 is 3. The summed E-state index contributed by atoms with van der Waals surface area (Å²) in [5, 5.41) is 23.6. The van der Waals surface area contributed by atoms with Crippen LogP contribution in [0.5, 0.6) is 17.2 Å². The summed E-state index contributed by atoms with van der Waals surface area (Å²) >= 11 is 0. The molecule has 0 radical (unpaired) electrons. The van der Waals surface area contributed by atoms with Gasteiger partial charge in [-0.25, -0.2) is 0 Å². The van der Waals surface area contributed by atoms with Gasteiger partial charge in [-0.3, -0.25) is 4.79 Å². The zero-order valence-electron chi connectivity index (χ0n) is 28.6. The summed E-state index contributed by atoms with van der Waals surface area (Å²) in [7, 11) is 6.61. The van der Waals surface area contributed by atoms with E-state index in [1.807, 2.05) is 49.5 Å². The van der Waals surface area contributed by atoms with Gasteiger partial charge in [-0.2, -0.15) is 5.26 Å². The van der Waals surface area contributed by atoms with E-state index in [0.29, 0.717) is 30.1 Å². The lowest BCUT2D eigenvalue weighted by Crippen LogP contribution is -2.56. The van der Waals surface area contributed by atoms with E-state index in [4.69, 9.17) is 23.8 Å². The molecule has 46 heavy (non-hydrogen) atoms. The quantitative estimate of drug-likeness (QED) is 0.155. The van der Waals surface area contributed by atoms with Crippen LogP contribution in [0.2, 0.25) is 0 Å². The molecule has 3 unspecified atom stereocenters. The van der Waals surface area contributed by atoms with E-state index in [1.54, 1.807) is 35.0 Å². The number of nitriles is 1. The second-order valence-corrected chi connectivity index (χ2v) is 12.3. The third-order valence-electron chi connectivity index (χ3n) is 8.31. The summed E-state index contributed by atoms with van der Waals surface area (Å²) in [6.45, 7) is 10.5. The van der Waals surface area contributed by atoms with Gasteiger partial charge in [-0.05, 0) is 88.9 Å². The van der Waals surface area contributed by atoms with Crippen LogP contribution < -0.4 is 19.5 Å². The summed E-state index contributed by atoms with van der Waals surface area (Å²) in [5.41, 5.74) is -0.0334. The number of rotatable bonds is 20. The molecule has 3 atom stereocenters. The molecule has 254 valence electrons. The van der Waals surface area contributed by atoms with Crippen LogP contribution >= 0.6 is 0 Å². The highest BCUT2D eigenvalue weighted by Gasteiger charge is 2.40. The van der Waals surface area contributed by atoms with Crippen molar-refractivity contribution in [3.8, 4) is 23.3 Å². The maximum absolute atomic E-state index is 12.1. The van der Waals surface area contributed by atoms with Crippen molar-refractivity contribution < 1.29 is 33.7 Å². The molecule has 0 aliphatic rings. The molecule has 0 spiro atoms. The number of carbonyl (C=O) groups is 1. The Morgan fingerprint density at radius 3 is 2.30 bits per heavy atom. The molecule has 0 aromatic heterocycles. The number of para-hydroxylation sites is 1.